The van der Waals surface area contributed by atoms with Crippen molar-refractivity contribution >= 4 is 21.7 Å². The number of pyridine rings is 1. The molecule has 18 heavy (non-hydrogen) atoms. The van der Waals surface area contributed by atoms with Crippen molar-refractivity contribution in [2.45, 2.75) is 20.3 Å². The number of halogens is 1. The predicted molar refractivity (Wildman–Crippen MR) is 72.6 cm³/mol. The molecule has 2 N–H and O–H groups in total. The lowest BCUT2D eigenvalue weighted by Gasteiger charge is -2.10. The summed E-state index contributed by atoms with van der Waals surface area (Å²) in [6, 6.07) is 1.82. The summed E-state index contributed by atoms with van der Waals surface area (Å²) in [4.78, 5) is 12.5. The molecule has 0 bridgehead atoms. The highest BCUT2D eigenvalue weighted by atomic mass is 79.9. The molecule has 2 heterocycles. The highest BCUT2D eigenvalue weighted by Crippen LogP contribution is 2.26. The number of nitrogens with two attached hydrogens (primary N) is 1. The Bertz CT molecular complexity index is 574. The minimum absolute atomic E-state index is 0.444. The maximum Gasteiger partial charge on any atom is 0.227 e. The molecule has 6 heteroatoms. The van der Waals surface area contributed by atoms with Gasteiger partial charge < -0.3 is 10.5 Å². The molecule has 0 saturated heterocycles. The van der Waals surface area contributed by atoms with Gasteiger partial charge in [0.05, 0.1) is 11.8 Å². The quantitative estimate of drug-likeness (QED) is 0.943. The van der Waals surface area contributed by atoms with Gasteiger partial charge in [-0.3, -0.25) is 4.98 Å². The number of nitrogens with zero attached hydrogens (tertiary/aromatic N) is 3. The smallest absolute Gasteiger partial charge is 0.227 e. The third-order valence-electron chi connectivity index (χ3n) is 2.40. The van der Waals surface area contributed by atoms with Crippen LogP contribution in [0, 0.1) is 6.92 Å². The third kappa shape index (κ3) is 2.76. The van der Waals surface area contributed by atoms with E-state index in [0.717, 1.165) is 10.0 Å². The van der Waals surface area contributed by atoms with Gasteiger partial charge in [0.1, 0.15) is 17.4 Å². The Labute approximate surface area is 114 Å². The van der Waals surface area contributed by atoms with E-state index in [1.807, 2.05) is 19.9 Å². The predicted octanol–water partition coefficient (Wildman–Crippen LogP) is 2.88. The molecule has 2 aromatic rings. The van der Waals surface area contributed by atoms with Crippen LogP contribution in [0.1, 0.15) is 18.3 Å². The molecule has 0 saturated carbocycles. The van der Waals surface area contributed by atoms with Gasteiger partial charge in [-0.2, -0.15) is 4.98 Å². The average molecular weight is 309 g/mol. The fourth-order valence-corrected chi connectivity index (χ4v) is 1.72. The van der Waals surface area contributed by atoms with Crippen LogP contribution in [-0.4, -0.2) is 15.0 Å². The van der Waals surface area contributed by atoms with Crippen molar-refractivity contribution in [3.8, 4) is 11.6 Å². The first-order chi connectivity index (χ1) is 8.60. The van der Waals surface area contributed by atoms with Crippen molar-refractivity contribution in [2.75, 3.05) is 5.73 Å². The molecule has 0 unspecified atom stereocenters. The van der Waals surface area contributed by atoms with Gasteiger partial charge in [0.25, 0.3) is 0 Å². The number of hydrogen-bond donors (Lipinski definition) is 1. The van der Waals surface area contributed by atoms with Crippen LogP contribution in [0.2, 0.25) is 0 Å². The first-order valence-corrected chi connectivity index (χ1v) is 6.31. The molecular formula is C12H13BrN4O. The highest BCUT2D eigenvalue weighted by Gasteiger charge is 2.10. The van der Waals surface area contributed by atoms with E-state index in [4.69, 9.17) is 10.5 Å². The molecule has 2 aromatic heterocycles. The summed E-state index contributed by atoms with van der Waals surface area (Å²) >= 11 is 3.34. The molecule has 0 radical (unpaired) electrons. The van der Waals surface area contributed by atoms with Gasteiger partial charge in [0, 0.05) is 17.1 Å². The summed E-state index contributed by atoms with van der Waals surface area (Å²) in [5, 5.41) is 0. The van der Waals surface area contributed by atoms with Crippen LogP contribution in [0.5, 0.6) is 11.6 Å². The van der Waals surface area contributed by atoms with Gasteiger partial charge in [-0.05, 0) is 28.9 Å². The fourth-order valence-electron chi connectivity index (χ4n) is 1.38. The molecule has 0 amide bonds. The van der Waals surface area contributed by atoms with Crippen molar-refractivity contribution < 1.29 is 4.74 Å². The molecule has 0 aliphatic carbocycles. The van der Waals surface area contributed by atoms with Crippen LogP contribution >= 0.6 is 15.9 Å². The Balaban J connectivity index is 2.36. The van der Waals surface area contributed by atoms with E-state index in [9.17, 15) is 0 Å². The molecular weight excluding hydrogens is 296 g/mol. The number of aromatic nitrogens is 3. The van der Waals surface area contributed by atoms with E-state index < -0.39 is 0 Å². The molecule has 0 aromatic carbocycles. The second kappa shape index (κ2) is 5.30. The van der Waals surface area contributed by atoms with Gasteiger partial charge >= 0.3 is 0 Å². The van der Waals surface area contributed by atoms with Gasteiger partial charge in [-0.1, -0.05) is 6.92 Å². The van der Waals surface area contributed by atoms with Crippen molar-refractivity contribution in [1.29, 1.82) is 0 Å². The summed E-state index contributed by atoms with van der Waals surface area (Å²) in [5.41, 5.74) is 6.55. The lowest BCUT2D eigenvalue weighted by atomic mass is 10.3. The van der Waals surface area contributed by atoms with E-state index >= 15 is 0 Å². The highest BCUT2D eigenvalue weighted by molar-refractivity contribution is 9.10. The first kappa shape index (κ1) is 12.8. The molecule has 0 spiro atoms. The van der Waals surface area contributed by atoms with Crippen molar-refractivity contribution in [3.63, 3.8) is 0 Å². The Morgan fingerprint density at radius 2 is 2.11 bits per heavy atom. The SMILES string of the molecule is CCc1nc(N)c(C)c(Oc2cncc(Br)c2)n1. The maximum atomic E-state index is 5.82. The van der Waals surface area contributed by atoms with Crippen LogP contribution in [0.3, 0.4) is 0 Å². The zero-order chi connectivity index (χ0) is 13.1. The van der Waals surface area contributed by atoms with Crippen LogP contribution in [0.25, 0.3) is 0 Å². The fraction of sp³-hybridized carbons (Fsp3) is 0.250. The lowest BCUT2D eigenvalue weighted by molar-refractivity contribution is 0.453. The summed E-state index contributed by atoms with van der Waals surface area (Å²) in [5.74, 6) is 2.18. The van der Waals surface area contributed by atoms with Gasteiger partial charge in [0.2, 0.25) is 5.88 Å². The molecule has 0 atom stereocenters. The summed E-state index contributed by atoms with van der Waals surface area (Å²) in [7, 11) is 0. The molecule has 94 valence electrons. The number of aryl methyl sites for hydroxylation is 1. The first-order valence-electron chi connectivity index (χ1n) is 5.51. The van der Waals surface area contributed by atoms with Crippen LogP contribution in [0.4, 0.5) is 5.82 Å². The van der Waals surface area contributed by atoms with E-state index in [-0.39, 0.29) is 0 Å². The van der Waals surface area contributed by atoms with Gasteiger partial charge in [0.15, 0.2) is 0 Å². The van der Waals surface area contributed by atoms with Crippen LogP contribution < -0.4 is 10.5 Å². The Morgan fingerprint density at radius 1 is 1.33 bits per heavy atom. The number of anilines is 1. The summed E-state index contributed by atoms with van der Waals surface area (Å²) in [6.45, 7) is 3.80. The summed E-state index contributed by atoms with van der Waals surface area (Å²) in [6.07, 6.45) is 4.01. The molecule has 0 aliphatic heterocycles. The zero-order valence-electron chi connectivity index (χ0n) is 10.1. The van der Waals surface area contributed by atoms with Crippen LogP contribution in [-0.2, 0) is 6.42 Å². The second-order valence-corrected chi connectivity index (χ2v) is 4.67. The molecule has 2 rings (SSSR count). The van der Waals surface area contributed by atoms with E-state index in [1.54, 1.807) is 12.4 Å². The van der Waals surface area contributed by atoms with Crippen molar-refractivity contribution in [1.82, 2.24) is 15.0 Å². The summed E-state index contributed by atoms with van der Waals surface area (Å²) < 4.78 is 6.53. The number of ether oxygens (including phenoxy) is 1. The van der Waals surface area contributed by atoms with E-state index in [0.29, 0.717) is 29.7 Å². The van der Waals surface area contributed by atoms with Crippen molar-refractivity contribution in [3.05, 3.63) is 34.3 Å². The van der Waals surface area contributed by atoms with Gasteiger partial charge in [-0.25, -0.2) is 4.98 Å². The normalized spacial score (nSPS) is 10.4. The van der Waals surface area contributed by atoms with Gasteiger partial charge in [-0.15, -0.1) is 0 Å². The van der Waals surface area contributed by atoms with Crippen LogP contribution in [0.15, 0.2) is 22.9 Å². The Morgan fingerprint density at radius 3 is 2.78 bits per heavy atom. The maximum absolute atomic E-state index is 5.82. The second-order valence-electron chi connectivity index (χ2n) is 3.75. The standard InChI is InChI=1S/C12H13BrN4O/c1-3-10-16-11(14)7(2)12(17-10)18-9-4-8(13)5-15-6-9/h4-6H,3H2,1-2H3,(H2,14,16,17). The Hall–Kier alpha value is -1.69. The molecule has 0 fully saturated rings. The third-order valence-corrected chi connectivity index (χ3v) is 2.83. The lowest BCUT2D eigenvalue weighted by Crippen LogP contribution is -2.04. The monoisotopic (exact) mass is 308 g/mol. The minimum atomic E-state index is 0.444. The largest absolute Gasteiger partial charge is 0.437 e. The minimum Gasteiger partial charge on any atom is -0.437 e. The van der Waals surface area contributed by atoms with E-state index in [2.05, 4.69) is 30.9 Å². The zero-order valence-corrected chi connectivity index (χ0v) is 11.7. The average Bonchev–Trinajstić information content (AvgIpc) is 2.34. The number of rotatable bonds is 3. The number of hydrogen-bond acceptors (Lipinski definition) is 5. The van der Waals surface area contributed by atoms with E-state index in [1.165, 1.54) is 0 Å². The molecule has 5 nitrogen and oxygen atoms in total. The topological polar surface area (TPSA) is 73.9 Å². The molecule has 0 aliphatic rings. The number of nitrogen functional groups attached to an aromatic ring is 1. The Kier molecular flexibility index (Phi) is 3.76. The van der Waals surface area contributed by atoms with Crippen molar-refractivity contribution in [2.24, 2.45) is 0 Å².